The second kappa shape index (κ2) is 7.31. The van der Waals surface area contributed by atoms with Crippen molar-refractivity contribution in [2.45, 2.75) is 6.04 Å². The molecule has 0 aliphatic heterocycles. The van der Waals surface area contributed by atoms with Gasteiger partial charge in [0.05, 0.1) is 6.54 Å². The van der Waals surface area contributed by atoms with Gasteiger partial charge in [0, 0.05) is 0 Å². The van der Waals surface area contributed by atoms with Gasteiger partial charge in [-0.1, -0.05) is 48.5 Å². The van der Waals surface area contributed by atoms with E-state index >= 15 is 0 Å². The Balaban J connectivity index is 1.73. The standard InChI is InChI=1S/C16H18N2O2/c17-15(13-7-3-1-4-8-13)16(19)18-11-12-20-14-9-5-2-6-10-14/h1-10,15H,11-12,17H2,(H,18,19). The molecule has 1 amide bonds. The molecule has 0 saturated heterocycles. The fourth-order valence-electron chi connectivity index (χ4n) is 1.78. The van der Waals surface area contributed by atoms with Crippen molar-refractivity contribution in [3.05, 3.63) is 66.2 Å². The quantitative estimate of drug-likeness (QED) is 0.788. The normalized spacial score (nSPS) is 11.7. The molecule has 20 heavy (non-hydrogen) atoms. The van der Waals surface area contributed by atoms with Gasteiger partial charge < -0.3 is 15.8 Å². The number of nitrogens with one attached hydrogen (secondary N) is 1. The molecular weight excluding hydrogens is 252 g/mol. The summed E-state index contributed by atoms with van der Waals surface area (Å²) in [5.41, 5.74) is 6.68. The Kier molecular flexibility index (Phi) is 5.15. The van der Waals surface area contributed by atoms with E-state index in [1.54, 1.807) is 0 Å². The van der Waals surface area contributed by atoms with Crippen LogP contribution in [0.3, 0.4) is 0 Å². The Bertz CT molecular complexity index is 529. The minimum absolute atomic E-state index is 0.201. The molecule has 1 atom stereocenters. The van der Waals surface area contributed by atoms with E-state index < -0.39 is 6.04 Å². The third-order valence-corrected chi connectivity index (χ3v) is 2.85. The lowest BCUT2D eigenvalue weighted by Gasteiger charge is -2.13. The molecule has 0 aliphatic carbocycles. The van der Waals surface area contributed by atoms with Crippen LogP contribution in [-0.4, -0.2) is 19.1 Å². The fourth-order valence-corrected chi connectivity index (χ4v) is 1.78. The van der Waals surface area contributed by atoms with Crippen LogP contribution in [-0.2, 0) is 4.79 Å². The summed E-state index contributed by atoms with van der Waals surface area (Å²) in [5, 5.41) is 2.76. The Morgan fingerprint density at radius 2 is 1.65 bits per heavy atom. The SMILES string of the molecule is NC(C(=O)NCCOc1ccccc1)c1ccccc1. The lowest BCUT2D eigenvalue weighted by Crippen LogP contribution is -2.36. The lowest BCUT2D eigenvalue weighted by molar-refractivity contribution is -0.122. The molecule has 104 valence electrons. The minimum atomic E-state index is -0.645. The van der Waals surface area contributed by atoms with Crippen LogP contribution in [0.4, 0.5) is 0 Å². The zero-order chi connectivity index (χ0) is 14.2. The number of nitrogens with two attached hydrogens (primary N) is 1. The highest BCUT2D eigenvalue weighted by Crippen LogP contribution is 2.09. The second-order valence-corrected chi connectivity index (χ2v) is 4.34. The minimum Gasteiger partial charge on any atom is -0.492 e. The van der Waals surface area contributed by atoms with Crippen molar-refractivity contribution < 1.29 is 9.53 Å². The maximum absolute atomic E-state index is 11.9. The summed E-state index contributed by atoms with van der Waals surface area (Å²) in [6, 6.07) is 18.1. The van der Waals surface area contributed by atoms with E-state index in [1.165, 1.54) is 0 Å². The van der Waals surface area contributed by atoms with Crippen molar-refractivity contribution in [2.24, 2.45) is 5.73 Å². The van der Waals surface area contributed by atoms with E-state index in [4.69, 9.17) is 10.5 Å². The summed E-state index contributed by atoms with van der Waals surface area (Å²) in [7, 11) is 0. The van der Waals surface area contributed by atoms with Crippen molar-refractivity contribution in [3.8, 4) is 5.75 Å². The number of para-hydroxylation sites is 1. The van der Waals surface area contributed by atoms with Crippen molar-refractivity contribution in [1.29, 1.82) is 0 Å². The highest BCUT2D eigenvalue weighted by molar-refractivity contribution is 5.82. The summed E-state index contributed by atoms with van der Waals surface area (Å²) < 4.78 is 5.49. The van der Waals surface area contributed by atoms with Gasteiger partial charge in [-0.15, -0.1) is 0 Å². The molecule has 0 heterocycles. The van der Waals surface area contributed by atoms with Gasteiger partial charge in [-0.3, -0.25) is 4.79 Å². The highest BCUT2D eigenvalue weighted by atomic mass is 16.5. The summed E-state index contributed by atoms with van der Waals surface area (Å²) in [6.07, 6.45) is 0. The topological polar surface area (TPSA) is 64.4 Å². The lowest BCUT2D eigenvalue weighted by atomic mass is 10.1. The first-order valence-electron chi connectivity index (χ1n) is 6.53. The monoisotopic (exact) mass is 270 g/mol. The summed E-state index contributed by atoms with van der Waals surface area (Å²) in [6.45, 7) is 0.839. The summed E-state index contributed by atoms with van der Waals surface area (Å²) in [4.78, 5) is 11.9. The number of hydrogen-bond donors (Lipinski definition) is 2. The fraction of sp³-hybridized carbons (Fsp3) is 0.188. The molecule has 3 N–H and O–H groups in total. The van der Waals surface area contributed by atoms with Crippen LogP contribution >= 0.6 is 0 Å². The first-order valence-corrected chi connectivity index (χ1v) is 6.53. The molecule has 0 fully saturated rings. The molecule has 2 aromatic carbocycles. The molecular formula is C16H18N2O2. The van der Waals surface area contributed by atoms with Crippen molar-refractivity contribution in [2.75, 3.05) is 13.2 Å². The van der Waals surface area contributed by atoms with Crippen molar-refractivity contribution in [3.63, 3.8) is 0 Å². The van der Waals surface area contributed by atoms with E-state index in [0.717, 1.165) is 11.3 Å². The molecule has 2 rings (SSSR count). The third kappa shape index (κ3) is 4.10. The number of carbonyl (C=O) groups excluding carboxylic acids is 1. The molecule has 2 aromatic rings. The van der Waals surface area contributed by atoms with E-state index in [-0.39, 0.29) is 5.91 Å². The first-order chi connectivity index (χ1) is 9.77. The van der Waals surface area contributed by atoms with E-state index in [0.29, 0.717) is 13.2 Å². The Morgan fingerprint density at radius 1 is 1.05 bits per heavy atom. The van der Waals surface area contributed by atoms with Gasteiger partial charge in [-0.2, -0.15) is 0 Å². The zero-order valence-electron chi connectivity index (χ0n) is 11.2. The van der Waals surface area contributed by atoms with Crippen LogP contribution in [0.1, 0.15) is 11.6 Å². The van der Waals surface area contributed by atoms with Gasteiger partial charge in [-0.05, 0) is 17.7 Å². The van der Waals surface area contributed by atoms with Crippen LogP contribution in [0.5, 0.6) is 5.75 Å². The smallest absolute Gasteiger partial charge is 0.241 e. The predicted molar refractivity (Wildman–Crippen MR) is 78.3 cm³/mol. The number of ether oxygens (including phenoxy) is 1. The molecule has 1 unspecified atom stereocenters. The average Bonchev–Trinajstić information content (AvgIpc) is 2.52. The second-order valence-electron chi connectivity index (χ2n) is 4.34. The van der Waals surface area contributed by atoms with Crippen LogP contribution in [0, 0.1) is 0 Å². The Hall–Kier alpha value is -2.33. The molecule has 0 radical (unpaired) electrons. The maximum atomic E-state index is 11.9. The molecule has 4 nitrogen and oxygen atoms in total. The van der Waals surface area contributed by atoms with Crippen molar-refractivity contribution >= 4 is 5.91 Å². The van der Waals surface area contributed by atoms with E-state index in [1.807, 2.05) is 60.7 Å². The Labute approximate surface area is 118 Å². The molecule has 0 aromatic heterocycles. The zero-order valence-corrected chi connectivity index (χ0v) is 11.2. The molecule has 0 aliphatic rings. The van der Waals surface area contributed by atoms with Crippen LogP contribution in [0.15, 0.2) is 60.7 Å². The number of benzene rings is 2. The average molecular weight is 270 g/mol. The van der Waals surface area contributed by atoms with Crippen LogP contribution in [0.25, 0.3) is 0 Å². The van der Waals surface area contributed by atoms with E-state index in [9.17, 15) is 4.79 Å². The van der Waals surface area contributed by atoms with Crippen LogP contribution in [0.2, 0.25) is 0 Å². The first kappa shape index (κ1) is 14.1. The molecule has 4 heteroatoms. The molecule has 0 spiro atoms. The van der Waals surface area contributed by atoms with Gasteiger partial charge in [0.25, 0.3) is 0 Å². The van der Waals surface area contributed by atoms with Gasteiger partial charge in [-0.25, -0.2) is 0 Å². The summed E-state index contributed by atoms with van der Waals surface area (Å²) in [5.74, 6) is 0.585. The molecule has 0 bridgehead atoms. The van der Waals surface area contributed by atoms with Gasteiger partial charge in [0.1, 0.15) is 18.4 Å². The number of rotatable bonds is 6. The van der Waals surface area contributed by atoms with Gasteiger partial charge >= 0.3 is 0 Å². The largest absolute Gasteiger partial charge is 0.492 e. The summed E-state index contributed by atoms with van der Waals surface area (Å²) >= 11 is 0. The predicted octanol–water partition coefficient (Wildman–Crippen LogP) is 1.88. The number of amides is 1. The highest BCUT2D eigenvalue weighted by Gasteiger charge is 2.14. The third-order valence-electron chi connectivity index (χ3n) is 2.85. The van der Waals surface area contributed by atoms with Gasteiger partial charge in [0.15, 0.2) is 0 Å². The molecule has 0 saturated carbocycles. The van der Waals surface area contributed by atoms with Crippen molar-refractivity contribution in [1.82, 2.24) is 5.32 Å². The van der Waals surface area contributed by atoms with E-state index in [2.05, 4.69) is 5.32 Å². The maximum Gasteiger partial charge on any atom is 0.241 e. The Morgan fingerprint density at radius 3 is 2.30 bits per heavy atom. The number of hydrogen-bond acceptors (Lipinski definition) is 3. The van der Waals surface area contributed by atoms with Gasteiger partial charge in [0.2, 0.25) is 5.91 Å². The van der Waals surface area contributed by atoms with Crippen LogP contribution < -0.4 is 15.8 Å². The number of carbonyl (C=O) groups is 1.